The zero-order chi connectivity index (χ0) is 41.4. The quantitative estimate of drug-likeness (QED) is 0.174. The monoisotopic (exact) mass is 795 g/mol. The van der Waals surface area contributed by atoms with Gasteiger partial charge in [0.15, 0.2) is 11.5 Å². The van der Waals surface area contributed by atoms with Crippen LogP contribution in [0, 0.1) is 27.7 Å². The second-order valence-electron chi connectivity index (χ2n) is 17.4. The molecule has 0 spiro atoms. The van der Waals surface area contributed by atoms with E-state index in [1.54, 1.807) is 0 Å². The van der Waals surface area contributed by atoms with Crippen LogP contribution in [0.2, 0.25) is 0 Å². The van der Waals surface area contributed by atoms with E-state index < -0.39 is 0 Å². The van der Waals surface area contributed by atoms with Crippen LogP contribution >= 0.6 is 0 Å². The number of nitrogens with zero attached hydrogens (tertiary/aromatic N) is 3. The van der Waals surface area contributed by atoms with Gasteiger partial charge in [-0.1, -0.05) is 95.1 Å². The molecule has 4 heterocycles. The summed E-state index contributed by atoms with van der Waals surface area (Å²) in [5, 5.41) is 7.55. The third-order valence-electron chi connectivity index (χ3n) is 13.2. The molecule has 0 radical (unpaired) electrons. The van der Waals surface area contributed by atoms with Gasteiger partial charge in [0, 0.05) is 43.7 Å². The number of aromatic nitrogens is 3. The molecule has 13 rings (SSSR count). The summed E-state index contributed by atoms with van der Waals surface area (Å²) in [4.78, 5) is 0. The van der Waals surface area contributed by atoms with Crippen molar-refractivity contribution in [3.05, 3.63) is 198 Å². The van der Waals surface area contributed by atoms with Crippen LogP contribution in [0.25, 0.3) is 105 Å². The van der Waals surface area contributed by atoms with Gasteiger partial charge in [-0.15, -0.1) is 0 Å². The lowest BCUT2D eigenvalue weighted by Crippen LogP contribution is -2.04. The van der Waals surface area contributed by atoms with Gasteiger partial charge < -0.3 is 18.4 Å². The predicted octanol–water partition coefficient (Wildman–Crippen LogP) is 15.7. The van der Waals surface area contributed by atoms with Gasteiger partial charge in [-0.05, 0) is 153 Å². The Bertz CT molecular complexity index is 3740. The third-order valence-corrected chi connectivity index (χ3v) is 13.2. The fourth-order valence-electron chi connectivity index (χ4n) is 10.3. The van der Waals surface area contributed by atoms with Crippen molar-refractivity contribution < 1.29 is 4.74 Å². The summed E-state index contributed by atoms with van der Waals surface area (Å²) in [7, 11) is 0. The van der Waals surface area contributed by atoms with Crippen molar-refractivity contribution in [1.29, 1.82) is 0 Å². The minimum atomic E-state index is 0.846. The van der Waals surface area contributed by atoms with E-state index in [1.807, 2.05) is 0 Å². The minimum absolute atomic E-state index is 0.846. The Labute approximate surface area is 359 Å². The van der Waals surface area contributed by atoms with Crippen LogP contribution in [-0.2, 0) is 0 Å². The lowest BCUT2D eigenvalue weighted by molar-refractivity contribution is 0.477. The zero-order valence-electron chi connectivity index (χ0n) is 35.0. The summed E-state index contributed by atoms with van der Waals surface area (Å²) in [6.07, 6.45) is 0. The van der Waals surface area contributed by atoms with Gasteiger partial charge in [-0.25, -0.2) is 0 Å². The number of rotatable bonds is 4. The molecule has 0 saturated carbocycles. The summed E-state index contributed by atoms with van der Waals surface area (Å²) in [6.45, 7) is 8.68. The summed E-state index contributed by atoms with van der Waals surface area (Å²) < 4.78 is 14.1. The molecule has 0 saturated heterocycles. The highest BCUT2D eigenvalue weighted by Crippen LogP contribution is 2.48. The first kappa shape index (κ1) is 35.0. The maximum absolute atomic E-state index is 6.97. The Morgan fingerprint density at radius 1 is 0.306 bits per heavy atom. The second-order valence-corrected chi connectivity index (χ2v) is 17.4. The van der Waals surface area contributed by atoms with Gasteiger partial charge in [0.05, 0.1) is 38.8 Å². The molecule has 294 valence electrons. The van der Waals surface area contributed by atoms with Gasteiger partial charge in [-0.2, -0.15) is 0 Å². The third kappa shape index (κ3) is 5.07. The molecular formula is C58H41N3O. The van der Waals surface area contributed by atoms with E-state index in [1.165, 1.54) is 82.2 Å². The van der Waals surface area contributed by atoms with Crippen molar-refractivity contribution in [2.45, 2.75) is 27.7 Å². The molecule has 0 amide bonds. The van der Waals surface area contributed by atoms with Crippen LogP contribution in [0.4, 0.5) is 0 Å². The number of hydrogen-bond donors (Lipinski definition) is 0. The lowest BCUT2D eigenvalue weighted by Gasteiger charge is -2.22. The number of hydrogen-bond acceptors (Lipinski definition) is 1. The van der Waals surface area contributed by atoms with Gasteiger partial charge in [-0.3, -0.25) is 0 Å². The Balaban J connectivity index is 0.892. The molecular weight excluding hydrogens is 755 g/mol. The highest BCUT2D eigenvalue weighted by molar-refractivity contribution is 6.14. The fraction of sp³-hybridized carbons (Fsp3) is 0.0690. The fourth-order valence-corrected chi connectivity index (χ4v) is 10.3. The largest absolute Gasteiger partial charge is 0.453 e. The van der Waals surface area contributed by atoms with Crippen LogP contribution in [0.15, 0.2) is 176 Å². The van der Waals surface area contributed by atoms with Gasteiger partial charge in [0.1, 0.15) is 0 Å². The van der Waals surface area contributed by atoms with Crippen molar-refractivity contribution in [2.24, 2.45) is 0 Å². The summed E-state index contributed by atoms with van der Waals surface area (Å²) in [5.74, 6) is 1.71. The molecule has 0 atom stereocenters. The number of fused-ring (bicyclic) bond motifs is 11. The molecule has 4 heteroatoms. The van der Waals surface area contributed by atoms with E-state index in [0.717, 1.165) is 56.3 Å². The average molecular weight is 796 g/mol. The highest BCUT2D eigenvalue weighted by Gasteiger charge is 2.26. The van der Waals surface area contributed by atoms with Crippen LogP contribution in [0.5, 0.6) is 11.5 Å². The molecule has 12 aromatic rings. The maximum atomic E-state index is 6.97. The number of para-hydroxylation sites is 1. The molecule has 0 N–H and O–H groups in total. The van der Waals surface area contributed by atoms with Crippen LogP contribution in [0.3, 0.4) is 0 Å². The van der Waals surface area contributed by atoms with E-state index in [9.17, 15) is 0 Å². The van der Waals surface area contributed by atoms with Gasteiger partial charge in [0.2, 0.25) is 0 Å². The molecule has 62 heavy (non-hydrogen) atoms. The Hall–Kier alpha value is -7.82. The Morgan fingerprint density at radius 2 is 0.742 bits per heavy atom. The van der Waals surface area contributed by atoms with E-state index in [4.69, 9.17) is 4.74 Å². The number of aryl methyl sites for hydroxylation is 4. The van der Waals surface area contributed by atoms with Crippen molar-refractivity contribution in [2.75, 3.05) is 0 Å². The SMILES string of the molecule is Cc1ccc2c(c1)c1cc(C)ccc1n2-c1ccc(-c2ccc3c(c2)Oc2cc(-c4ccc(-n5c6ccc(C)cc6c6cc(C)ccc65)cc4)cc4c5ccccc5n-3c24)cc1. The summed E-state index contributed by atoms with van der Waals surface area (Å²) in [5.41, 5.74) is 20.1. The second kappa shape index (κ2) is 12.8. The van der Waals surface area contributed by atoms with Crippen LogP contribution < -0.4 is 4.74 Å². The molecule has 3 aromatic heterocycles. The maximum Gasteiger partial charge on any atom is 0.152 e. The van der Waals surface area contributed by atoms with Gasteiger partial charge in [0.25, 0.3) is 0 Å². The van der Waals surface area contributed by atoms with E-state index >= 15 is 0 Å². The Morgan fingerprint density at radius 3 is 1.26 bits per heavy atom. The van der Waals surface area contributed by atoms with Crippen molar-refractivity contribution in [3.63, 3.8) is 0 Å². The van der Waals surface area contributed by atoms with Crippen molar-refractivity contribution in [3.8, 4) is 50.8 Å². The highest BCUT2D eigenvalue weighted by atomic mass is 16.5. The summed E-state index contributed by atoms with van der Waals surface area (Å²) >= 11 is 0. The lowest BCUT2D eigenvalue weighted by atomic mass is 10.0. The zero-order valence-corrected chi connectivity index (χ0v) is 35.0. The normalized spacial score (nSPS) is 12.3. The minimum Gasteiger partial charge on any atom is -0.453 e. The van der Waals surface area contributed by atoms with Crippen molar-refractivity contribution >= 4 is 65.4 Å². The summed E-state index contributed by atoms with van der Waals surface area (Å²) in [6, 6.07) is 65.0. The molecule has 0 unspecified atom stereocenters. The topological polar surface area (TPSA) is 24.0 Å². The number of ether oxygens (including phenoxy) is 1. The van der Waals surface area contributed by atoms with Crippen LogP contribution in [0.1, 0.15) is 22.3 Å². The number of benzene rings is 9. The first-order valence-electron chi connectivity index (χ1n) is 21.5. The molecule has 1 aliphatic heterocycles. The van der Waals surface area contributed by atoms with Gasteiger partial charge >= 0.3 is 0 Å². The first-order chi connectivity index (χ1) is 30.3. The van der Waals surface area contributed by atoms with E-state index in [0.29, 0.717) is 0 Å². The molecule has 0 bridgehead atoms. The molecule has 4 nitrogen and oxygen atoms in total. The van der Waals surface area contributed by atoms with E-state index in [2.05, 4.69) is 217 Å². The Kier molecular flexibility index (Phi) is 7.25. The molecule has 0 aliphatic carbocycles. The smallest absolute Gasteiger partial charge is 0.152 e. The average Bonchev–Trinajstić information content (AvgIpc) is 3.91. The standard InChI is InChI=1S/C58H41N3O/c1-34-9-22-51-45(27-34)46-28-35(2)10-23-52(46)59(51)42-18-13-38(14-19-42)40-17-26-55-56(32-40)62-57-33-41(31-49-44-7-5-6-8-50(44)61(55)58(49)57)39-15-20-43(21-16-39)60-53-24-11-36(3)29-47(53)48-30-37(4)12-25-54(48)60/h5-33H,1-4H3. The predicted molar refractivity (Wildman–Crippen MR) is 259 cm³/mol. The molecule has 1 aliphatic rings. The van der Waals surface area contributed by atoms with Crippen molar-refractivity contribution in [1.82, 2.24) is 13.7 Å². The molecule has 9 aromatic carbocycles. The van der Waals surface area contributed by atoms with E-state index in [-0.39, 0.29) is 0 Å². The first-order valence-corrected chi connectivity index (χ1v) is 21.5. The van der Waals surface area contributed by atoms with Crippen LogP contribution in [-0.4, -0.2) is 13.7 Å². The molecule has 0 fully saturated rings.